The number of hydrogen-bond acceptors (Lipinski definition) is 4. The lowest BCUT2D eigenvalue weighted by molar-refractivity contribution is 0.273. The maximum atomic E-state index is 6.19. The van der Waals surface area contributed by atoms with Crippen LogP contribution in [0.25, 0.3) is 0 Å². The first-order chi connectivity index (χ1) is 9.56. The van der Waals surface area contributed by atoms with Gasteiger partial charge in [-0.2, -0.15) is 0 Å². The molecule has 0 unspecified atom stereocenters. The van der Waals surface area contributed by atoms with E-state index in [9.17, 15) is 0 Å². The van der Waals surface area contributed by atoms with E-state index in [1.54, 1.807) is 30.0 Å². The third kappa shape index (κ3) is 3.00. The van der Waals surface area contributed by atoms with Gasteiger partial charge in [-0.15, -0.1) is 0 Å². The van der Waals surface area contributed by atoms with Crippen LogP contribution < -0.4 is 15.2 Å². The van der Waals surface area contributed by atoms with Gasteiger partial charge in [0.05, 0.1) is 18.3 Å². The van der Waals surface area contributed by atoms with Crippen molar-refractivity contribution in [2.24, 2.45) is 12.8 Å². The minimum absolute atomic E-state index is 0.237. The number of benzene rings is 1. The van der Waals surface area contributed by atoms with Crippen LogP contribution in [0, 0.1) is 0 Å². The molecule has 0 saturated carbocycles. The Labute approximate surface area is 127 Å². The summed E-state index contributed by atoms with van der Waals surface area (Å²) in [5.74, 6) is 1.69. The van der Waals surface area contributed by atoms with Crippen molar-refractivity contribution in [3.05, 3.63) is 39.9 Å². The minimum Gasteiger partial charge on any atom is -0.493 e. The number of ether oxygens (including phenoxy) is 2. The third-order valence-electron chi connectivity index (χ3n) is 2.90. The van der Waals surface area contributed by atoms with Crippen LogP contribution in [0.4, 0.5) is 0 Å². The van der Waals surface area contributed by atoms with E-state index in [0.29, 0.717) is 34.0 Å². The maximum absolute atomic E-state index is 6.19. The van der Waals surface area contributed by atoms with E-state index < -0.39 is 0 Å². The van der Waals surface area contributed by atoms with Gasteiger partial charge in [0.1, 0.15) is 17.6 Å². The Kier molecular flexibility index (Phi) is 4.75. The van der Waals surface area contributed by atoms with E-state index in [-0.39, 0.29) is 6.61 Å². The molecule has 2 N–H and O–H groups in total. The van der Waals surface area contributed by atoms with Crippen molar-refractivity contribution in [2.75, 3.05) is 7.11 Å². The van der Waals surface area contributed by atoms with Crippen LogP contribution in [0.5, 0.6) is 11.5 Å². The van der Waals surface area contributed by atoms with Gasteiger partial charge in [-0.05, 0) is 17.7 Å². The van der Waals surface area contributed by atoms with Crippen molar-refractivity contribution in [1.82, 2.24) is 9.55 Å². The molecule has 0 saturated heterocycles. The van der Waals surface area contributed by atoms with Crippen molar-refractivity contribution in [2.45, 2.75) is 13.2 Å². The van der Waals surface area contributed by atoms with E-state index >= 15 is 0 Å². The second-order valence-corrected chi connectivity index (χ2v) is 4.95. The van der Waals surface area contributed by atoms with Gasteiger partial charge in [-0.25, -0.2) is 4.98 Å². The second kappa shape index (κ2) is 6.35. The predicted octanol–water partition coefficient (Wildman–Crippen LogP) is 2.77. The zero-order chi connectivity index (χ0) is 14.7. The number of rotatable bonds is 5. The van der Waals surface area contributed by atoms with Crippen molar-refractivity contribution < 1.29 is 9.47 Å². The third-order valence-corrected chi connectivity index (χ3v) is 3.53. The molecule has 1 aromatic carbocycles. The zero-order valence-electron chi connectivity index (χ0n) is 11.2. The summed E-state index contributed by atoms with van der Waals surface area (Å²) >= 11 is 12.1. The van der Waals surface area contributed by atoms with Gasteiger partial charge in [0.15, 0.2) is 11.5 Å². The molecular formula is C13H15Cl2N3O2. The summed E-state index contributed by atoms with van der Waals surface area (Å²) in [5, 5.41) is 0.991. The largest absolute Gasteiger partial charge is 0.493 e. The summed E-state index contributed by atoms with van der Waals surface area (Å²) in [6.07, 6.45) is 1.57. The van der Waals surface area contributed by atoms with Crippen LogP contribution in [0.3, 0.4) is 0 Å². The van der Waals surface area contributed by atoms with E-state index in [0.717, 1.165) is 5.56 Å². The molecule has 2 aromatic rings. The minimum atomic E-state index is 0.237. The Morgan fingerprint density at radius 1 is 1.35 bits per heavy atom. The highest BCUT2D eigenvalue weighted by atomic mass is 35.5. The van der Waals surface area contributed by atoms with E-state index in [4.69, 9.17) is 38.4 Å². The Bertz CT molecular complexity index is 614. The van der Waals surface area contributed by atoms with E-state index in [2.05, 4.69) is 4.98 Å². The number of imidazole rings is 1. The molecule has 7 heteroatoms. The highest BCUT2D eigenvalue weighted by Crippen LogP contribution is 2.36. The van der Waals surface area contributed by atoms with Crippen LogP contribution in [-0.2, 0) is 20.2 Å². The lowest BCUT2D eigenvalue weighted by Crippen LogP contribution is -2.05. The molecule has 1 aromatic heterocycles. The summed E-state index contributed by atoms with van der Waals surface area (Å²) in [6, 6.07) is 3.55. The number of hydrogen-bond donors (Lipinski definition) is 1. The molecule has 0 bridgehead atoms. The van der Waals surface area contributed by atoms with Crippen molar-refractivity contribution in [1.29, 1.82) is 0 Å². The molecular weight excluding hydrogens is 301 g/mol. The molecule has 1 heterocycles. The van der Waals surface area contributed by atoms with Crippen LogP contribution in [-0.4, -0.2) is 16.7 Å². The highest BCUT2D eigenvalue weighted by molar-refractivity contribution is 6.32. The summed E-state index contributed by atoms with van der Waals surface area (Å²) in [4.78, 5) is 4.15. The molecule has 0 spiro atoms. The smallest absolute Gasteiger partial charge is 0.180 e. The molecule has 0 aliphatic carbocycles. The Morgan fingerprint density at radius 2 is 2.10 bits per heavy atom. The number of methoxy groups -OCH3 is 1. The molecule has 20 heavy (non-hydrogen) atoms. The van der Waals surface area contributed by atoms with E-state index in [1.807, 2.05) is 7.05 Å². The second-order valence-electron chi connectivity index (χ2n) is 4.16. The van der Waals surface area contributed by atoms with Crippen molar-refractivity contribution in [3.8, 4) is 11.5 Å². The van der Waals surface area contributed by atoms with E-state index in [1.165, 1.54) is 0 Å². The van der Waals surface area contributed by atoms with Gasteiger partial charge in [0, 0.05) is 13.6 Å². The van der Waals surface area contributed by atoms with Gasteiger partial charge in [0.25, 0.3) is 0 Å². The van der Waals surface area contributed by atoms with Gasteiger partial charge in [-0.1, -0.05) is 23.2 Å². The summed E-state index contributed by atoms with van der Waals surface area (Å²) < 4.78 is 12.7. The Hall–Kier alpha value is -1.43. The average molecular weight is 316 g/mol. The van der Waals surface area contributed by atoms with Crippen LogP contribution in [0.15, 0.2) is 18.3 Å². The van der Waals surface area contributed by atoms with Crippen molar-refractivity contribution >= 4 is 23.2 Å². The lowest BCUT2D eigenvalue weighted by Gasteiger charge is -2.13. The van der Waals surface area contributed by atoms with Crippen molar-refractivity contribution in [3.63, 3.8) is 0 Å². The first kappa shape index (κ1) is 15.0. The van der Waals surface area contributed by atoms with Crippen LogP contribution in [0.2, 0.25) is 10.2 Å². The molecule has 108 valence electrons. The van der Waals surface area contributed by atoms with Gasteiger partial charge >= 0.3 is 0 Å². The SMILES string of the molecule is COc1cc(CN)cc(Cl)c1OCc1ncc(Cl)n1C. The molecule has 2 rings (SSSR count). The normalized spacial score (nSPS) is 10.7. The summed E-state index contributed by atoms with van der Waals surface area (Å²) in [5.41, 5.74) is 6.47. The number of nitrogens with two attached hydrogens (primary N) is 1. The Balaban J connectivity index is 2.23. The monoisotopic (exact) mass is 315 g/mol. The quantitative estimate of drug-likeness (QED) is 0.921. The van der Waals surface area contributed by atoms with Gasteiger partial charge in [0.2, 0.25) is 0 Å². The molecule has 5 nitrogen and oxygen atoms in total. The predicted molar refractivity (Wildman–Crippen MR) is 78.4 cm³/mol. The summed E-state index contributed by atoms with van der Waals surface area (Å²) in [6.45, 7) is 0.618. The first-order valence-corrected chi connectivity index (χ1v) is 6.67. The number of nitrogens with zero attached hydrogens (tertiary/aromatic N) is 2. The fraction of sp³-hybridized carbons (Fsp3) is 0.308. The Morgan fingerprint density at radius 3 is 2.65 bits per heavy atom. The van der Waals surface area contributed by atoms with Gasteiger partial charge < -0.3 is 19.8 Å². The molecule has 0 amide bonds. The summed E-state index contributed by atoms with van der Waals surface area (Å²) in [7, 11) is 3.36. The highest BCUT2D eigenvalue weighted by Gasteiger charge is 2.13. The molecule has 0 atom stereocenters. The fourth-order valence-electron chi connectivity index (χ4n) is 1.73. The lowest BCUT2D eigenvalue weighted by atomic mass is 10.2. The molecule has 0 radical (unpaired) electrons. The van der Waals surface area contributed by atoms with Crippen LogP contribution >= 0.6 is 23.2 Å². The fourth-order valence-corrected chi connectivity index (χ4v) is 2.16. The molecule has 0 aliphatic rings. The maximum Gasteiger partial charge on any atom is 0.180 e. The van der Waals surface area contributed by atoms with Gasteiger partial charge in [-0.3, -0.25) is 0 Å². The molecule has 0 aliphatic heterocycles. The number of halogens is 2. The standard InChI is InChI=1S/C13H15Cl2N3O2/c1-18-11(15)6-17-12(18)7-20-13-9(14)3-8(5-16)4-10(13)19-2/h3-4,6H,5,7,16H2,1-2H3. The topological polar surface area (TPSA) is 62.3 Å². The first-order valence-electron chi connectivity index (χ1n) is 5.92. The number of aromatic nitrogens is 2. The molecule has 0 fully saturated rings. The average Bonchev–Trinajstić information content (AvgIpc) is 2.76. The van der Waals surface area contributed by atoms with Crippen LogP contribution in [0.1, 0.15) is 11.4 Å². The zero-order valence-corrected chi connectivity index (χ0v) is 12.7.